The summed E-state index contributed by atoms with van der Waals surface area (Å²) in [7, 11) is 1.61. The van der Waals surface area contributed by atoms with Gasteiger partial charge in [-0.15, -0.1) is 0 Å². The minimum Gasteiger partial charge on any atom is -0.373 e. The van der Waals surface area contributed by atoms with Crippen LogP contribution in [-0.2, 0) is 14.2 Å². The molecule has 15 heavy (non-hydrogen) atoms. The molecule has 2 aliphatic heterocycles. The van der Waals surface area contributed by atoms with Crippen molar-refractivity contribution in [1.29, 1.82) is 0 Å². The van der Waals surface area contributed by atoms with Gasteiger partial charge in [0.15, 0.2) is 0 Å². The van der Waals surface area contributed by atoms with Crippen LogP contribution in [0.25, 0.3) is 0 Å². The summed E-state index contributed by atoms with van der Waals surface area (Å²) in [6.07, 6.45) is 4.50. The van der Waals surface area contributed by atoms with Crippen LogP contribution in [0.1, 0.15) is 6.42 Å². The van der Waals surface area contributed by atoms with Gasteiger partial charge >= 0.3 is 0 Å². The standard InChI is InChI=1S/C10H16N2O3/c1-13-7-14-5-8-4-9-10(6-15-8)12-3-2-11-9/h2-3,8-10H,4-7H2,1H3/t8-,9?,10?/m0/s1. The zero-order valence-electron chi connectivity index (χ0n) is 8.83. The zero-order chi connectivity index (χ0) is 10.5. The first-order chi connectivity index (χ1) is 7.40. The average molecular weight is 212 g/mol. The van der Waals surface area contributed by atoms with Crippen LogP contribution in [-0.4, -0.2) is 57.7 Å². The lowest BCUT2D eigenvalue weighted by atomic mass is 9.99. The summed E-state index contributed by atoms with van der Waals surface area (Å²) in [5, 5.41) is 0. The van der Waals surface area contributed by atoms with Crippen LogP contribution in [0.2, 0.25) is 0 Å². The second-order valence-corrected chi connectivity index (χ2v) is 3.70. The molecule has 0 aliphatic carbocycles. The topological polar surface area (TPSA) is 52.4 Å². The Morgan fingerprint density at radius 2 is 2.13 bits per heavy atom. The molecular formula is C10H16N2O3. The van der Waals surface area contributed by atoms with Gasteiger partial charge in [-0.3, -0.25) is 9.98 Å². The minimum atomic E-state index is 0.117. The van der Waals surface area contributed by atoms with Crippen LogP contribution in [0, 0.1) is 0 Å². The third kappa shape index (κ3) is 2.84. The highest BCUT2D eigenvalue weighted by molar-refractivity contribution is 6.16. The highest BCUT2D eigenvalue weighted by atomic mass is 16.7. The molecule has 84 valence electrons. The SMILES string of the molecule is COCOC[C@@H]1CC2N=CC=NC2CO1. The molecule has 0 N–H and O–H groups in total. The summed E-state index contributed by atoms with van der Waals surface area (Å²) >= 11 is 0. The number of hydrogen-bond acceptors (Lipinski definition) is 5. The molecule has 2 rings (SSSR count). The number of fused-ring (bicyclic) bond motifs is 1. The molecule has 0 radical (unpaired) electrons. The largest absolute Gasteiger partial charge is 0.373 e. The Hall–Kier alpha value is -0.780. The predicted molar refractivity (Wildman–Crippen MR) is 56.7 cm³/mol. The molecule has 2 unspecified atom stereocenters. The highest BCUT2D eigenvalue weighted by Gasteiger charge is 2.31. The van der Waals surface area contributed by atoms with Crippen LogP contribution in [0.4, 0.5) is 0 Å². The normalized spacial score (nSPS) is 34.1. The number of aliphatic imine (C=N–C) groups is 2. The van der Waals surface area contributed by atoms with Gasteiger partial charge in [-0.05, 0) is 0 Å². The van der Waals surface area contributed by atoms with E-state index in [1.165, 1.54) is 0 Å². The monoisotopic (exact) mass is 212 g/mol. The van der Waals surface area contributed by atoms with Crippen molar-refractivity contribution in [2.75, 3.05) is 27.1 Å². The van der Waals surface area contributed by atoms with Crippen molar-refractivity contribution < 1.29 is 14.2 Å². The quantitative estimate of drug-likeness (QED) is 0.497. The van der Waals surface area contributed by atoms with Crippen LogP contribution < -0.4 is 0 Å². The molecule has 1 saturated heterocycles. The number of ether oxygens (including phenoxy) is 3. The molecule has 0 aromatic rings. The van der Waals surface area contributed by atoms with E-state index in [4.69, 9.17) is 14.2 Å². The second kappa shape index (κ2) is 5.34. The van der Waals surface area contributed by atoms with E-state index in [9.17, 15) is 0 Å². The molecule has 5 nitrogen and oxygen atoms in total. The predicted octanol–water partition coefficient (Wildman–Crippen LogP) is 0.288. The molecule has 0 spiro atoms. The summed E-state index contributed by atoms with van der Waals surface area (Å²) in [5.41, 5.74) is 0. The van der Waals surface area contributed by atoms with Crippen molar-refractivity contribution in [3.63, 3.8) is 0 Å². The third-order valence-electron chi connectivity index (χ3n) is 2.58. The van der Waals surface area contributed by atoms with Crippen molar-refractivity contribution in [3.05, 3.63) is 0 Å². The molecule has 0 aromatic heterocycles. The fraction of sp³-hybridized carbons (Fsp3) is 0.800. The van der Waals surface area contributed by atoms with Gasteiger partial charge in [0.2, 0.25) is 0 Å². The molecule has 5 heteroatoms. The van der Waals surface area contributed by atoms with Gasteiger partial charge in [0.05, 0.1) is 31.4 Å². The molecule has 0 bridgehead atoms. The minimum absolute atomic E-state index is 0.117. The molecule has 0 aromatic carbocycles. The van der Waals surface area contributed by atoms with E-state index in [2.05, 4.69) is 9.98 Å². The van der Waals surface area contributed by atoms with Crippen molar-refractivity contribution in [2.24, 2.45) is 9.98 Å². The van der Waals surface area contributed by atoms with Gasteiger partial charge in [0, 0.05) is 26.0 Å². The summed E-state index contributed by atoms with van der Waals surface area (Å²) in [6.45, 7) is 1.52. The molecule has 3 atom stereocenters. The maximum Gasteiger partial charge on any atom is 0.146 e. The van der Waals surface area contributed by atoms with Gasteiger partial charge in [0.25, 0.3) is 0 Å². The summed E-state index contributed by atoms with van der Waals surface area (Å²) in [5.74, 6) is 0. The first-order valence-electron chi connectivity index (χ1n) is 5.13. The molecule has 0 saturated carbocycles. The Balaban J connectivity index is 1.76. The summed E-state index contributed by atoms with van der Waals surface area (Å²) in [4.78, 5) is 8.71. The number of nitrogens with zero attached hydrogens (tertiary/aromatic N) is 2. The van der Waals surface area contributed by atoms with Crippen molar-refractivity contribution in [3.8, 4) is 0 Å². The third-order valence-corrected chi connectivity index (χ3v) is 2.58. The Morgan fingerprint density at radius 1 is 1.33 bits per heavy atom. The first kappa shape index (κ1) is 10.7. The van der Waals surface area contributed by atoms with Crippen molar-refractivity contribution >= 4 is 12.4 Å². The van der Waals surface area contributed by atoms with Crippen molar-refractivity contribution in [2.45, 2.75) is 24.6 Å². The number of methoxy groups -OCH3 is 1. The van der Waals surface area contributed by atoms with Crippen LogP contribution in [0.5, 0.6) is 0 Å². The Kier molecular flexibility index (Phi) is 3.82. The Morgan fingerprint density at radius 3 is 2.93 bits per heavy atom. The fourth-order valence-electron chi connectivity index (χ4n) is 1.82. The smallest absolute Gasteiger partial charge is 0.146 e. The van der Waals surface area contributed by atoms with Crippen LogP contribution in [0.3, 0.4) is 0 Å². The molecule has 2 aliphatic rings. The van der Waals surface area contributed by atoms with Gasteiger partial charge in [-0.1, -0.05) is 0 Å². The molecular weight excluding hydrogens is 196 g/mol. The molecule has 2 heterocycles. The second-order valence-electron chi connectivity index (χ2n) is 3.70. The Labute approximate surface area is 89.1 Å². The van der Waals surface area contributed by atoms with E-state index in [0.717, 1.165) is 6.42 Å². The highest BCUT2D eigenvalue weighted by Crippen LogP contribution is 2.21. The Bertz CT molecular complexity index is 255. The molecule has 1 fully saturated rings. The lowest BCUT2D eigenvalue weighted by molar-refractivity contribution is -0.0959. The van der Waals surface area contributed by atoms with Crippen LogP contribution >= 0.6 is 0 Å². The first-order valence-corrected chi connectivity index (χ1v) is 5.13. The van der Waals surface area contributed by atoms with E-state index in [0.29, 0.717) is 20.0 Å². The van der Waals surface area contributed by atoms with Gasteiger partial charge in [-0.25, -0.2) is 0 Å². The number of rotatable bonds is 4. The zero-order valence-corrected chi connectivity index (χ0v) is 8.83. The van der Waals surface area contributed by atoms with E-state index in [1.807, 2.05) is 0 Å². The maximum atomic E-state index is 5.63. The fourth-order valence-corrected chi connectivity index (χ4v) is 1.82. The van der Waals surface area contributed by atoms with Crippen molar-refractivity contribution in [1.82, 2.24) is 0 Å². The average Bonchev–Trinajstić information content (AvgIpc) is 2.29. The van der Waals surface area contributed by atoms with Gasteiger partial charge < -0.3 is 14.2 Å². The maximum absolute atomic E-state index is 5.63. The summed E-state index contributed by atoms with van der Waals surface area (Å²) < 4.78 is 15.7. The molecule has 0 amide bonds. The van der Waals surface area contributed by atoms with E-state index < -0.39 is 0 Å². The number of hydrogen-bond donors (Lipinski definition) is 0. The van der Waals surface area contributed by atoms with E-state index in [1.54, 1.807) is 19.5 Å². The van der Waals surface area contributed by atoms with Gasteiger partial charge in [-0.2, -0.15) is 0 Å². The summed E-state index contributed by atoms with van der Waals surface area (Å²) in [6, 6.07) is 0.466. The van der Waals surface area contributed by atoms with Crippen LogP contribution in [0.15, 0.2) is 9.98 Å². The lowest BCUT2D eigenvalue weighted by Gasteiger charge is -2.32. The van der Waals surface area contributed by atoms with Gasteiger partial charge in [0.1, 0.15) is 6.79 Å². The van der Waals surface area contributed by atoms with E-state index >= 15 is 0 Å². The lowest BCUT2D eigenvalue weighted by Crippen LogP contribution is -2.42. The van der Waals surface area contributed by atoms with E-state index in [-0.39, 0.29) is 18.2 Å².